The van der Waals surface area contributed by atoms with Crippen LogP contribution in [0.25, 0.3) is 0 Å². The van der Waals surface area contributed by atoms with Crippen LogP contribution in [0, 0.1) is 16.7 Å². The van der Waals surface area contributed by atoms with E-state index in [2.05, 4.69) is 21.3 Å². The first-order valence-corrected chi connectivity index (χ1v) is 15.5. The Hall–Kier alpha value is -3.38. The summed E-state index contributed by atoms with van der Waals surface area (Å²) < 4.78 is 0. The van der Waals surface area contributed by atoms with E-state index in [1.54, 1.807) is 4.90 Å². The van der Waals surface area contributed by atoms with Crippen molar-refractivity contribution in [3.8, 4) is 0 Å². The first kappa shape index (κ1) is 34.1. The molecule has 43 heavy (non-hydrogen) atoms. The van der Waals surface area contributed by atoms with E-state index in [0.717, 1.165) is 25.7 Å². The number of ketones is 1. The Balaban J connectivity index is 1.71. The van der Waals surface area contributed by atoms with E-state index in [4.69, 9.17) is 5.73 Å². The van der Waals surface area contributed by atoms with Crippen molar-refractivity contribution in [2.75, 3.05) is 26.2 Å². The fourth-order valence-electron chi connectivity index (χ4n) is 5.79. The monoisotopic (exact) mass is 605 g/mol. The third-order valence-electron chi connectivity index (χ3n) is 8.82. The van der Waals surface area contributed by atoms with Crippen LogP contribution in [0.2, 0.25) is 0 Å². The molecule has 6 N–H and O–H groups in total. The number of primary amides is 1. The van der Waals surface area contributed by atoms with E-state index in [1.807, 2.05) is 41.5 Å². The summed E-state index contributed by atoms with van der Waals surface area (Å²) in [6, 6.07) is -3.93. The van der Waals surface area contributed by atoms with Crippen LogP contribution in [-0.2, 0) is 19.2 Å². The standard InChI is InChI=1S/C30H51N7O6/c1-29(2,3)21(17-36-14-9-13-32-28(36)43)34-27(42)35-23(30(4,5)6)26(41)37-15-8-12-20(37)25(40)33-19(22(38)24(31)39)16-18-10-7-11-18/h18-21,23H,7-17H2,1-6H3,(H2,31,39)(H,32,43)(H,33,40)(H2,34,35,42)/t19?,20?,21?,23-/m1/s1. The summed E-state index contributed by atoms with van der Waals surface area (Å²) in [5, 5.41) is 11.4. The smallest absolute Gasteiger partial charge is 0.317 e. The highest BCUT2D eigenvalue weighted by Gasteiger charge is 2.43. The van der Waals surface area contributed by atoms with Gasteiger partial charge in [0, 0.05) is 26.2 Å². The minimum atomic E-state index is -1.10. The molecular weight excluding hydrogens is 554 g/mol. The van der Waals surface area contributed by atoms with E-state index in [-0.39, 0.29) is 17.4 Å². The molecule has 1 saturated carbocycles. The number of nitrogens with two attached hydrogens (primary N) is 1. The Morgan fingerprint density at radius 2 is 1.58 bits per heavy atom. The second-order valence-electron chi connectivity index (χ2n) is 14.4. The topological polar surface area (TPSA) is 183 Å². The fourth-order valence-corrected chi connectivity index (χ4v) is 5.79. The normalized spacial score (nSPS) is 21.6. The molecule has 242 valence electrons. The molecule has 0 radical (unpaired) electrons. The van der Waals surface area contributed by atoms with Gasteiger partial charge in [-0.05, 0) is 42.4 Å². The number of hydrogen-bond acceptors (Lipinski definition) is 6. The van der Waals surface area contributed by atoms with Crippen LogP contribution in [0.1, 0.15) is 86.5 Å². The Bertz CT molecular complexity index is 1080. The number of Topliss-reactive ketones (excluding diaryl/α,β-unsaturated/α-hetero) is 1. The molecule has 13 nitrogen and oxygen atoms in total. The number of carbonyl (C=O) groups excluding carboxylic acids is 6. The lowest BCUT2D eigenvalue weighted by atomic mass is 9.80. The van der Waals surface area contributed by atoms with Crippen molar-refractivity contribution in [1.82, 2.24) is 31.1 Å². The van der Waals surface area contributed by atoms with E-state index in [9.17, 15) is 28.8 Å². The highest BCUT2D eigenvalue weighted by atomic mass is 16.2. The molecule has 0 bridgehead atoms. The third kappa shape index (κ3) is 9.06. The number of urea groups is 2. The van der Waals surface area contributed by atoms with Gasteiger partial charge in [0.1, 0.15) is 12.1 Å². The molecule has 2 aliphatic heterocycles. The van der Waals surface area contributed by atoms with Crippen molar-refractivity contribution in [3.63, 3.8) is 0 Å². The summed E-state index contributed by atoms with van der Waals surface area (Å²) in [4.78, 5) is 80.4. The minimum absolute atomic E-state index is 0.170. The number of nitrogens with zero attached hydrogens (tertiary/aromatic N) is 2. The zero-order chi connectivity index (χ0) is 32.1. The number of hydrogen-bond donors (Lipinski definition) is 5. The van der Waals surface area contributed by atoms with Crippen molar-refractivity contribution >= 4 is 35.6 Å². The molecule has 3 fully saturated rings. The maximum absolute atomic E-state index is 13.9. The number of likely N-dealkylation sites (tertiary alicyclic amines) is 1. The summed E-state index contributed by atoms with van der Waals surface area (Å²) >= 11 is 0. The van der Waals surface area contributed by atoms with Gasteiger partial charge < -0.3 is 36.8 Å². The molecule has 0 aromatic carbocycles. The van der Waals surface area contributed by atoms with Gasteiger partial charge in [-0.15, -0.1) is 0 Å². The van der Waals surface area contributed by atoms with Crippen LogP contribution in [-0.4, -0.2) is 95.7 Å². The molecule has 3 aliphatic rings. The number of carbonyl (C=O) groups is 6. The Morgan fingerprint density at radius 1 is 0.907 bits per heavy atom. The maximum Gasteiger partial charge on any atom is 0.317 e. The molecule has 1 aliphatic carbocycles. The van der Waals surface area contributed by atoms with Crippen LogP contribution in [0.4, 0.5) is 9.59 Å². The lowest BCUT2D eigenvalue weighted by molar-refractivity contribution is -0.143. The molecular formula is C30H51N7O6. The molecule has 3 unspecified atom stereocenters. The molecule has 2 heterocycles. The molecule has 0 aromatic rings. The van der Waals surface area contributed by atoms with Crippen LogP contribution in [0.15, 0.2) is 0 Å². The fraction of sp³-hybridized carbons (Fsp3) is 0.800. The zero-order valence-corrected chi connectivity index (χ0v) is 26.6. The molecule has 0 spiro atoms. The lowest BCUT2D eigenvalue weighted by Gasteiger charge is -2.39. The van der Waals surface area contributed by atoms with Gasteiger partial charge in [-0.3, -0.25) is 19.2 Å². The molecule has 0 aromatic heterocycles. The van der Waals surface area contributed by atoms with Gasteiger partial charge >= 0.3 is 12.1 Å². The van der Waals surface area contributed by atoms with Gasteiger partial charge in [-0.2, -0.15) is 0 Å². The average Bonchev–Trinajstić information content (AvgIpc) is 3.37. The SMILES string of the molecule is CC(C)(C)C(CN1CCCNC1=O)NC(=O)N[C@H](C(=O)N1CCCC1C(=O)NC(CC1CCC1)C(=O)C(N)=O)C(C)(C)C. The molecule has 4 atom stereocenters. The van der Waals surface area contributed by atoms with E-state index in [1.165, 1.54) is 4.90 Å². The highest BCUT2D eigenvalue weighted by molar-refractivity contribution is 6.37. The quantitative estimate of drug-likeness (QED) is 0.221. The molecule has 7 amide bonds. The van der Waals surface area contributed by atoms with Crippen molar-refractivity contribution in [2.45, 2.75) is 111 Å². The Morgan fingerprint density at radius 3 is 2.12 bits per heavy atom. The second kappa shape index (κ2) is 13.9. The first-order valence-electron chi connectivity index (χ1n) is 15.5. The highest BCUT2D eigenvalue weighted by Crippen LogP contribution is 2.31. The molecule has 3 rings (SSSR count). The Labute approximate surface area is 254 Å². The van der Waals surface area contributed by atoms with Crippen LogP contribution < -0.4 is 27.0 Å². The van der Waals surface area contributed by atoms with Crippen molar-refractivity contribution in [1.29, 1.82) is 0 Å². The number of amides is 7. The Kier molecular flexibility index (Phi) is 11.1. The van der Waals surface area contributed by atoms with Crippen molar-refractivity contribution in [2.24, 2.45) is 22.5 Å². The summed E-state index contributed by atoms with van der Waals surface area (Å²) in [6.45, 7) is 13.3. The minimum Gasteiger partial charge on any atom is -0.363 e. The van der Waals surface area contributed by atoms with Gasteiger partial charge in [0.2, 0.25) is 17.6 Å². The van der Waals surface area contributed by atoms with Crippen molar-refractivity contribution in [3.05, 3.63) is 0 Å². The molecule has 13 heteroatoms. The summed E-state index contributed by atoms with van der Waals surface area (Å²) in [7, 11) is 0. The number of rotatable bonds is 11. The van der Waals surface area contributed by atoms with Crippen molar-refractivity contribution < 1.29 is 28.8 Å². The zero-order valence-electron chi connectivity index (χ0n) is 26.6. The second-order valence-corrected chi connectivity index (χ2v) is 14.4. The first-order chi connectivity index (χ1) is 20.0. The summed E-state index contributed by atoms with van der Waals surface area (Å²) in [5.74, 6) is -2.60. The predicted molar refractivity (Wildman–Crippen MR) is 161 cm³/mol. The van der Waals surface area contributed by atoms with Crippen LogP contribution >= 0.6 is 0 Å². The van der Waals surface area contributed by atoms with Crippen LogP contribution in [0.3, 0.4) is 0 Å². The molecule has 2 saturated heterocycles. The van der Waals surface area contributed by atoms with Gasteiger partial charge in [0.15, 0.2) is 0 Å². The number of nitrogens with one attached hydrogen (secondary N) is 4. The average molecular weight is 606 g/mol. The maximum atomic E-state index is 13.9. The van der Waals surface area contributed by atoms with Gasteiger partial charge in [0.05, 0.1) is 12.1 Å². The third-order valence-corrected chi connectivity index (χ3v) is 8.82. The summed E-state index contributed by atoms with van der Waals surface area (Å²) in [5.41, 5.74) is 4.18. The van der Waals surface area contributed by atoms with Gasteiger partial charge in [-0.1, -0.05) is 60.8 Å². The predicted octanol–water partition coefficient (Wildman–Crippen LogP) is 1.25. The van der Waals surface area contributed by atoms with Gasteiger partial charge in [-0.25, -0.2) is 9.59 Å². The summed E-state index contributed by atoms with van der Waals surface area (Å²) in [6.07, 6.45) is 5.02. The lowest BCUT2D eigenvalue weighted by Crippen LogP contribution is -2.62. The largest absolute Gasteiger partial charge is 0.363 e. The van der Waals surface area contributed by atoms with Gasteiger partial charge in [0.25, 0.3) is 5.91 Å². The van der Waals surface area contributed by atoms with E-state index in [0.29, 0.717) is 45.4 Å². The van der Waals surface area contributed by atoms with E-state index < -0.39 is 59.1 Å². The van der Waals surface area contributed by atoms with Crippen LogP contribution in [0.5, 0.6) is 0 Å². The van der Waals surface area contributed by atoms with E-state index >= 15 is 0 Å².